The standard InChI is InChI=1S/C20H27N5O.H2/c1-3-15-5-6-18(21-11-15)19(26)22-14-17-7-9-25(10-8-17)20-23-12-16(4-2)13-24-20;/h5-6,11-13,17H,3-4,7-10,14H2,1-2H3,(H,22,26);1H. The van der Waals surface area contributed by atoms with E-state index < -0.39 is 0 Å². The smallest absolute Gasteiger partial charge is 0.269 e. The highest BCUT2D eigenvalue weighted by molar-refractivity contribution is 5.92. The summed E-state index contributed by atoms with van der Waals surface area (Å²) in [4.78, 5) is 27.6. The molecule has 0 aliphatic carbocycles. The number of hydrogen-bond acceptors (Lipinski definition) is 5. The molecule has 0 radical (unpaired) electrons. The molecule has 1 amide bonds. The van der Waals surface area contributed by atoms with Crippen LogP contribution in [0.15, 0.2) is 30.7 Å². The Kier molecular flexibility index (Phi) is 6.15. The lowest BCUT2D eigenvalue weighted by atomic mass is 9.97. The Hall–Kier alpha value is -2.50. The molecule has 1 saturated heterocycles. The summed E-state index contributed by atoms with van der Waals surface area (Å²) in [6.45, 7) is 6.72. The first-order valence-corrected chi connectivity index (χ1v) is 9.48. The molecule has 1 fully saturated rings. The van der Waals surface area contributed by atoms with Gasteiger partial charge in [-0.15, -0.1) is 0 Å². The van der Waals surface area contributed by atoms with Gasteiger partial charge in [-0.3, -0.25) is 9.78 Å². The molecule has 1 aliphatic rings. The molecular weight excluding hydrogens is 326 g/mol. The van der Waals surface area contributed by atoms with Gasteiger partial charge in [-0.1, -0.05) is 19.9 Å². The minimum absolute atomic E-state index is 0. The molecule has 0 spiro atoms. The number of aryl methyl sites for hydroxylation is 2. The lowest BCUT2D eigenvalue weighted by Gasteiger charge is -2.32. The van der Waals surface area contributed by atoms with Gasteiger partial charge < -0.3 is 10.2 Å². The number of nitrogens with one attached hydrogen (secondary N) is 1. The minimum Gasteiger partial charge on any atom is -0.350 e. The van der Waals surface area contributed by atoms with Gasteiger partial charge in [0.1, 0.15) is 5.69 Å². The molecule has 0 bridgehead atoms. The van der Waals surface area contributed by atoms with Crippen molar-refractivity contribution in [2.24, 2.45) is 5.92 Å². The Labute approximate surface area is 156 Å². The highest BCUT2D eigenvalue weighted by Crippen LogP contribution is 2.20. The molecule has 2 aromatic rings. The summed E-state index contributed by atoms with van der Waals surface area (Å²) in [5.74, 6) is 1.21. The van der Waals surface area contributed by atoms with Crippen molar-refractivity contribution in [2.75, 3.05) is 24.5 Å². The van der Waals surface area contributed by atoms with E-state index in [4.69, 9.17) is 0 Å². The largest absolute Gasteiger partial charge is 0.350 e. The fourth-order valence-corrected chi connectivity index (χ4v) is 3.13. The van der Waals surface area contributed by atoms with Crippen molar-refractivity contribution in [2.45, 2.75) is 39.5 Å². The molecule has 0 aromatic carbocycles. The molecule has 2 aromatic heterocycles. The Bertz CT molecular complexity index is 712. The van der Waals surface area contributed by atoms with Crippen LogP contribution in [0.3, 0.4) is 0 Å². The SMILES string of the molecule is CCc1ccc(C(=O)NCC2CCN(c3ncc(CC)cn3)CC2)nc1.[HH]. The zero-order chi connectivity index (χ0) is 18.4. The Morgan fingerprint density at radius 1 is 1.08 bits per heavy atom. The van der Waals surface area contributed by atoms with Crippen LogP contribution < -0.4 is 10.2 Å². The molecule has 140 valence electrons. The topological polar surface area (TPSA) is 71.0 Å². The van der Waals surface area contributed by atoms with Crippen LogP contribution >= 0.6 is 0 Å². The number of anilines is 1. The fraction of sp³-hybridized carbons (Fsp3) is 0.500. The third-order valence-corrected chi connectivity index (χ3v) is 5.01. The van der Waals surface area contributed by atoms with Crippen LogP contribution in [0.25, 0.3) is 0 Å². The second-order valence-corrected chi connectivity index (χ2v) is 6.79. The fourth-order valence-electron chi connectivity index (χ4n) is 3.13. The second-order valence-electron chi connectivity index (χ2n) is 6.79. The normalized spacial score (nSPS) is 15.1. The number of carbonyl (C=O) groups excluding carboxylic acids is 1. The van der Waals surface area contributed by atoms with Gasteiger partial charge in [-0.25, -0.2) is 9.97 Å². The van der Waals surface area contributed by atoms with Crippen LogP contribution in [0.5, 0.6) is 0 Å². The van der Waals surface area contributed by atoms with Crippen molar-refractivity contribution < 1.29 is 6.22 Å². The Morgan fingerprint density at radius 2 is 1.73 bits per heavy atom. The van der Waals surface area contributed by atoms with E-state index in [0.29, 0.717) is 18.2 Å². The molecule has 1 aliphatic heterocycles. The van der Waals surface area contributed by atoms with Gasteiger partial charge in [0, 0.05) is 39.7 Å². The maximum Gasteiger partial charge on any atom is 0.269 e. The van der Waals surface area contributed by atoms with Gasteiger partial charge in [-0.05, 0) is 48.8 Å². The zero-order valence-electron chi connectivity index (χ0n) is 15.6. The van der Waals surface area contributed by atoms with Crippen molar-refractivity contribution in [3.8, 4) is 0 Å². The molecule has 6 nitrogen and oxygen atoms in total. The predicted molar refractivity (Wildman–Crippen MR) is 104 cm³/mol. The summed E-state index contributed by atoms with van der Waals surface area (Å²) in [5.41, 5.74) is 2.79. The van der Waals surface area contributed by atoms with Crippen LogP contribution in [-0.4, -0.2) is 40.5 Å². The van der Waals surface area contributed by atoms with E-state index in [0.717, 1.165) is 55.8 Å². The van der Waals surface area contributed by atoms with Crippen molar-refractivity contribution >= 4 is 11.9 Å². The lowest BCUT2D eigenvalue weighted by Crippen LogP contribution is -2.39. The van der Waals surface area contributed by atoms with Crippen molar-refractivity contribution in [1.82, 2.24) is 20.3 Å². The van der Waals surface area contributed by atoms with E-state index in [1.165, 1.54) is 0 Å². The highest BCUT2D eigenvalue weighted by Gasteiger charge is 2.21. The summed E-state index contributed by atoms with van der Waals surface area (Å²) < 4.78 is 0. The first-order chi connectivity index (χ1) is 12.7. The summed E-state index contributed by atoms with van der Waals surface area (Å²) in [7, 11) is 0. The first kappa shape index (κ1) is 18.3. The van der Waals surface area contributed by atoms with Gasteiger partial charge in [-0.2, -0.15) is 0 Å². The highest BCUT2D eigenvalue weighted by atomic mass is 16.1. The van der Waals surface area contributed by atoms with Crippen LogP contribution in [0, 0.1) is 5.92 Å². The average molecular weight is 355 g/mol. The van der Waals surface area contributed by atoms with Gasteiger partial charge in [0.25, 0.3) is 5.91 Å². The maximum absolute atomic E-state index is 12.2. The van der Waals surface area contributed by atoms with Crippen molar-refractivity contribution in [1.29, 1.82) is 0 Å². The van der Waals surface area contributed by atoms with E-state index in [1.54, 1.807) is 12.3 Å². The number of rotatable bonds is 6. The van der Waals surface area contributed by atoms with Crippen LogP contribution in [0.2, 0.25) is 0 Å². The monoisotopic (exact) mass is 355 g/mol. The average Bonchev–Trinajstić information content (AvgIpc) is 2.72. The van der Waals surface area contributed by atoms with Gasteiger partial charge in [0.05, 0.1) is 0 Å². The van der Waals surface area contributed by atoms with Gasteiger partial charge in [0.15, 0.2) is 0 Å². The minimum atomic E-state index is -0.0893. The summed E-state index contributed by atoms with van der Waals surface area (Å²) >= 11 is 0. The Morgan fingerprint density at radius 3 is 2.31 bits per heavy atom. The van der Waals surface area contributed by atoms with Gasteiger partial charge in [0.2, 0.25) is 5.95 Å². The predicted octanol–water partition coefficient (Wildman–Crippen LogP) is 2.89. The number of piperidine rings is 1. The van der Waals surface area contributed by atoms with E-state index in [2.05, 4.69) is 39.0 Å². The van der Waals surface area contributed by atoms with E-state index in [9.17, 15) is 4.79 Å². The van der Waals surface area contributed by atoms with E-state index >= 15 is 0 Å². The van der Waals surface area contributed by atoms with E-state index in [1.807, 2.05) is 18.5 Å². The second kappa shape index (κ2) is 8.74. The molecule has 6 heteroatoms. The van der Waals surface area contributed by atoms with Crippen LogP contribution in [0.4, 0.5) is 5.95 Å². The number of hydrogen-bond donors (Lipinski definition) is 1. The van der Waals surface area contributed by atoms with E-state index in [-0.39, 0.29) is 7.33 Å². The first-order valence-electron chi connectivity index (χ1n) is 9.48. The Balaban J connectivity index is 0.00000261. The number of amides is 1. The number of carbonyl (C=O) groups is 1. The molecule has 3 heterocycles. The maximum atomic E-state index is 12.2. The molecule has 3 rings (SSSR count). The molecule has 0 saturated carbocycles. The number of nitrogens with zero attached hydrogens (tertiary/aromatic N) is 4. The third-order valence-electron chi connectivity index (χ3n) is 5.01. The molecule has 0 atom stereocenters. The van der Waals surface area contributed by atoms with Crippen LogP contribution in [0.1, 0.15) is 49.7 Å². The molecular formula is C20H29N5O. The zero-order valence-corrected chi connectivity index (χ0v) is 15.6. The molecule has 1 N–H and O–H groups in total. The third kappa shape index (κ3) is 4.56. The van der Waals surface area contributed by atoms with Crippen molar-refractivity contribution in [3.05, 3.63) is 47.5 Å². The van der Waals surface area contributed by atoms with Crippen LogP contribution in [-0.2, 0) is 12.8 Å². The summed E-state index contributed by atoms with van der Waals surface area (Å²) in [6.07, 6.45) is 9.54. The lowest BCUT2D eigenvalue weighted by molar-refractivity contribution is 0.0940. The number of pyridine rings is 1. The quantitative estimate of drug-likeness (QED) is 0.863. The van der Waals surface area contributed by atoms with Crippen molar-refractivity contribution in [3.63, 3.8) is 0 Å². The van der Waals surface area contributed by atoms with Gasteiger partial charge >= 0.3 is 0 Å². The molecule has 26 heavy (non-hydrogen) atoms. The summed E-state index contributed by atoms with van der Waals surface area (Å²) in [6, 6.07) is 3.76. The summed E-state index contributed by atoms with van der Waals surface area (Å²) in [5, 5.41) is 3.02. The number of aromatic nitrogens is 3. The molecule has 0 unspecified atom stereocenters.